The zero-order valence-electron chi connectivity index (χ0n) is 13.8. The van der Waals surface area contributed by atoms with Crippen LogP contribution in [0.3, 0.4) is 0 Å². The lowest BCUT2D eigenvalue weighted by Gasteiger charge is -2.23. The van der Waals surface area contributed by atoms with Gasteiger partial charge >= 0.3 is 0 Å². The molecule has 1 heterocycles. The summed E-state index contributed by atoms with van der Waals surface area (Å²) in [4.78, 5) is 12.2. The number of anilines is 1. The van der Waals surface area contributed by atoms with Crippen molar-refractivity contribution >= 4 is 21.4 Å². The van der Waals surface area contributed by atoms with Crippen LogP contribution in [-0.2, 0) is 25.1 Å². The molecule has 2 rings (SSSR count). The van der Waals surface area contributed by atoms with Crippen molar-refractivity contribution in [2.75, 3.05) is 25.1 Å². The van der Waals surface area contributed by atoms with Crippen molar-refractivity contribution in [3.8, 4) is 0 Å². The van der Waals surface area contributed by atoms with Gasteiger partial charge in [-0.3, -0.25) is 4.79 Å². The Morgan fingerprint density at radius 2 is 2.13 bits per heavy atom. The molecular formula is C16H24N2O4S. The monoisotopic (exact) mass is 340 g/mol. The van der Waals surface area contributed by atoms with E-state index in [-0.39, 0.29) is 17.7 Å². The summed E-state index contributed by atoms with van der Waals surface area (Å²) in [5.74, 6) is -0.231. The summed E-state index contributed by atoms with van der Waals surface area (Å²) in [5, 5.41) is 5.88. The molecule has 1 aromatic rings. The van der Waals surface area contributed by atoms with Crippen molar-refractivity contribution in [1.82, 2.24) is 5.32 Å². The zero-order valence-corrected chi connectivity index (χ0v) is 14.6. The van der Waals surface area contributed by atoms with Gasteiger partial charge in [0.2, 0.25) is 5.91 Å². The smallest absolute Gasteiger partial charge is 0.243 e. The third kappa shape index (κ3) is 4.76. The summed E-state index contributed by atoms with van der Waals surface area (Å²) >= 11 is 0. The molecule has 0 radical (unpaired) electrons. The molecule has 1 saturated heterocycles. The van der Waals surface area contributed by atoms with Crippen LogP contribution in [0.15, 0.2) is 24.3 Å². The first-order valence-corrected chi connectivity index (χ1v) is 9.27. The van der Waals surface area contributed by atoms with Crippen molar-refractivity contribution in [2.24, 2.45) is 0 Å². The van der Waals surface area contributed by atoms with Gasteiger partial charge in [0.25, 0.3) is 0 Å². The van der Waals surface area contributed by atoms with Crippen LogP contribution < -0.4 is 10.6 Å². The number of benzene rings is 1. The van der Waals surface area contributed by atoms with Gasteiger partial charge in [-0.25, -0.2) is 8.42 Å². The highest BCUT2D eigenvalue weighted by Gasteiger charge is 2.29. The molecule has 0 aromatic heterocycles. The van der Waals surface area contributed by atoms with Gasteiger partial charge in [0, 0.05) is 12.2 Å². The van der Waals surface area contributed by atoms with Gasteiger partial charge in [-0.2, -0.15) is 0 Å². The molecule has 0 spiro atoms. The van der Waals surface area contributed by atoms with Crippen LogP contribution in [0.25, 0.3) is 0 Å². The molecule has 1 aliphatic rings. The van der Waals surface area contributed by atoms with E-state index in [0.717, 1.165) is 0 Å². The lowest BCUT2D eigenvalue weighted by atomic mass is 10.2. The number of nitrogens with one attached hydrogen (secondary N) is 2. The molecule has 1 atom stereocenters. The second kappa shape index (κ2) is 6.98. The summed E-state index contributed by atoms with van der Waals surface area (Å²) in [6, 6.07) is 6.56. The fourth-order valence-electron chi connectivity index (χ4n) is 2.14. The summed E-state index contributed by atoms with van der Waals surface area (Å²) < 4.78 is 29.0. The van der Waals surface area contributed by atoms with E-state index in [4.69, 9.17) is 4.74 Å². The molecule has 0 saturated carbocycles. The van der Waals surface area contributed by atoms with Crippen molar-refractivity contribution in [3.05, 3.63) is 29.8 Å². The number of amides is 1. The summed E-state index contributed by atoms with van der Waals surface area (Å²) in [7, 11) is -3.26. The first-order valence-electron chi connectivity index (χ1n) is 7.62. The maximum atomic E-state index is 12.3. The molecule has 0 aliphatic carbocycles. The quantitative estimate of drug-likeness (QED) is 0.864. The molecule has 7 heteroatoms. The molecule has 1 unspecified atom stereocenters. The second-order valence-corrected chi connectivity index (χ2v) is 9.39. The van der Waals surface area contributed by atoms with Crippen LogP contribution in [0, 0.1) is 0 Å². The molecule has 1 aliphatic heterocycles. The third-order valence-corrected chi connectivity index (χ3v) is 6.30. The van der Waals surface area contributed by atoms with Gasteiger partial charge in [-0.05, 0) is 38.5 Å². The first-order chi connectivity index (χ1) is 10.7. The molecule has 0 bridgehead atoms. The Morgan fingerprint density at radius 3 is 2.74 bits per heavy atom. The summed E-state index contributed by atoms with van der Waals surface area (Å²) in [6.07, 6.45) is 0. The van der Waals surface area contributed by atoms with Gasteiger partial charge in [0.1, 0.15) is 6.04 Å². The lowest BCUT2D eigenvalue weighted by Crippen LogP contribution is -2.48. The molecule has 23 heavy (non-hydrogen) atoms. The minimum atomic E-state index is -3.26. The van der Waals surface area contributed by atoms with Crippen LogP contribution in [-0.4, -0.2) is 44.9 Å². The van der Waals surface area contributed by atoms with Crippen molar-refractivity contribution in [3.63, 3.8) is 0 Å². The largest absolute Gasteiger partial charge is 0.378 e. The van der Waals surface area contributed by atoms with E-state index >= 15 is 0 Å². The third-order valence-electron chi connectivity index (χ3n) is 3.72. The average Bonchev–Trinajstić information content (AvgIpc) is 2.47. The van der Waals surface area contributed by atoms with Crippen LogP contribution in [0.4, 0.5) is 5.69 Å². The van der Waals surface area contributed by atoms with E-state index in [0.29, 0.717) is 31.0 Å². The van der Waals surface area contributed by atoms with Gasteiger partial charge < -0.3 is 15.4 Å². The van der Waals surface area contributed by atoms with E-state index < -0.39 is 14.6 Å². The second-order valence-electron chi connectivity index (χ2n) is 6.64. The van der Waals surface area contributed by atoms with Gasteiger partial charge in [-0.1, -0.05) is 12.1 Å². The summed E-state index contributed by atoms with van der Waals surface area (Å²) in [6.45, 7) is 6.63. The number of ether oxygens (including phenoxy) is 1. The van der Waals surface area contributed by atoms with Crippen LogP contribution >= 0.6 is 0 Å². The number of carbonyl (C=O) groups is 1. The fourth-order valence-corrected chi connectivity index (χ4v) is 3.19. The Balaban J connectivity index is 2.06. The Kier molecular flexibility index (Phi) is 5.44. The number of hydrogen-bond acceptors (Lipinski definition) is 5. The summed E-state index contributed by atoms with van der Waals surface area (Å²) in [5.41, 5.74) is 1.24. The first kappa shape index (κ1) is 17.9. The number of morpholine rings is 1. The van der Waals surface area contributed by atoms with Crippen LogP contribution in [0.1, 0.15) is 26.3 Å². The highest BCUT2D eigenvalue weighted by molar-refractivity contribution is 7.91. The van der Waals surface area contributed by atoms with E-state index in [2.05, 4.69) is 10.6 Å². The molecule has 1 amide bonds. The van der Waals surface area contributed by atoms with E-state index in [1.54, 1.807) is 45.0 Å². The van der Waals surface area contributed by atoms with Gasteiger partial charge in [-0.15, -0.1) is 0 Å². The Bertz CT molecular complexity index is 659. The predicted molar refractivity (Wildman–Crippen MR) is 90.1 cm³/mol. The maximum absolute atomic E-state index is 12.3. The fraction of sp³-hybridized carbons (Fsp3) is 0.562. The molecular weight excluding hydrogens is 316 g/mol. The molecule has 1 fully saturated rings. The number of carbonyl (C=O) groups excluding carboxylic acids is 1. The van der Waals surface area contributed by atoms with Crippen molar-refractivity contribution < 1.29 is 17.9 Å². The highest BCUT2D eigenvalue weighted by atomic mass is 32.2. The van der Waals surface area contributed by atoms with E-state index in [1.807, 2.05) is 0 Å². The Morgan fingerprint density at radius 1 is 1.39 bits per heavy atom. The topological polar surface area (TPSA) is 84.5 Å². The lowest BCUT2D eigenvalue weighted by molar-refractivity contribution is -0.120. The van der Waals surface area contributed by atoms with Crippen LogP contribution in [0.2, 0.25) is 0 Å². The minimum absolute atomic E-state index is 0.0506. The predicted octanol–water partition coefficient (Wildman–Crippen LogP) is 1.33. The van der Waals surface area contributed by atoms with E-state index in [1.165, 1.54) is 0 Å². The van der Waals surface area contributed by atoms with Crippen molar-refractivity contribution in [1.29, 1.82) is 0 Å². The van der Waals surface area contributed by atoms with Gasteiger partial charge in [0.05, 0.1) is 23.7 Å². The molecule has 128 valence electrons. The minimum Gasteiger partial charge on any atom is -0.378 e. The molecule has 6 nitrogen and oxygen atoms in total. The van der Waals surface area contributed by atoms with Gasteiger partial charge in [0.15, 0.2) is 9.84 Å². The zero-order chi connectivity index (χ0) is 17.1. The normalized spacial score (nSPS) is 19.3. The standard InChI is InChI=1S/C16H24N2O4S/c1-16(2,3)23(20,21)11-12-5-4-6-13(9-12)18-15(19)14-10-22-8-7-17-14/h4-6,9,14,17H,7-8,10-11H2,1-3H3,(H,18,19). The maximum Gasteiger partial charge on any atom is 0.243 e. The van der Waals surface area contributed by atoms with Crippen molar-refractivity contribution in [2.45, 2.75) is 37.3 Å². The highest BCUT2D eigenvalue weighted by Crippen LogP contribution is 2.22. The Labute approximate surface area is 137 Å². The number of hydrogen-bond donors (Lipinski definition) is 2. The van der Waals surface area contributed by atoms with E-state index in [9.17, 15) is 13.2 Å². The number of rotatable bonds is 4. The average molecular weight is 340 g/mol. The molecule has 1 aromatic carbocycles. The SMILES string of the molecule is CC(C)(C)S(=O)(=O)Cc1cccc(NC(=O)C2COCCN2)c1. The Hall–Kier alpha value is -1.44. The number of sulfone groups is 1. The van der Waals surface area contributed by atoms with Crippen LogP contribution in [0.5, 0.6) is 0 Å². The molecule has 2 N–H and O–H groups in total.